The summed E-state index contributed by atoms with van der Waals surface area (Å²) >= 11 is 0. The number of carbonyl (C=O) groups excluding carboxylic acids is 5. The molecule has 20 nitrogen and oxygen atoms in total. The lowest BCUT2D eigenvalue weighted by molar-refractivity contribution is -0.137. The Morgan fingerprint density at radius 3 is 2.47 bits per heavy atom. The van der Waals surface area contributed by atoms with Gasteiger partial charge in [-0.15, -0.1) is 4.98 Å². The number of anilines is 4. The van der Waals surface area contributed by atoms with Gasteiger partial charge < -0.3 is 49.5 Å². The molecule has 3 aliphatic heterocycles. The molecule has 346 valence electrons. The summed E-state index contributed by atoms with van der Waals surface area (Å²) in [7, 11) is 1.53. The van der Waals surface area contributed by atoms with Crippen molar-refractivity contribution >= 4 is 58.5 Å². The number of imidazole rings is 1. The number of fused-ring (bicyclic) bond motifs is 4. The minimum absolute atomic E-state index is 0.0425. The fourth-order valence-corrected chi connectivity index (χ4v) is 9.02. The smallest absolute Gasteiger partial charge is 0.293 e. The van der Waals surface area contributed by atoms with Crippen LogP contribution in [0.5, 0.6) is 5.75 Å². The van der Waals surface area contributed by atoms with E-state index in [1.54, 1.807) is 48.9 Å². The first kappa shape index (κ1) is 45.6. The lowest BCUT2D eigenvalue weighted by Gasteiger charge is -2.42. The summed E-state index contributed by atoms with van der Waals surface area (Å²) in [5.74, 6) is 0.282. The molecular formula is C46H53N11O9. The number of nitrogens with one attached hydrogen (secondary N) is 4. The number of aromatic nitrogens is 4. The van der Waals surface area contributed by atoms with Crippen molar-refractivity contribution < 1.29 is 42.9 Å². The summed E-state index contributed by atoms with van der Waals surface area (Å²) in [5.41, 5.74) is 4.20. The lowest BCUT2D eigenvalue weighted by Crippen LogP contribution is -2.52. The molecule has 0 bridgehead atoms. The average molecular weight is 904 g/mol. The van der Waals surface area contributed by atoms with Gasteiger partial charge in [0.15, 0.2) is 12.1 Å². The molecule has 20 heteroatoms. The van der Waals surface area contributed by atoms with Crippen LogP contribution in [0.15, 0.2) is 48.9 Å². The summed E-state index contributed by atoms with van der Waals surface area (Å²) < 4.78 is 24.3. The number of piperidine rings is 1. The molecule has 4 aliphatic rings. The number of rotatable bonds is 20. The van der Waals surface area contributed by atoms with Gasteiger partial charge in [-0.05, 0) is 56.0 Å². The largest absolute Gasteiger partial charge is 0.495 e. The van der Waals surface area contributed by atoms with Gasteiger partial charge in [0.1, 0.15) is 17.5 Å². The lowest BCUT2D eigenvalue weighted by atomic mass is 10.0. The molecule has 2 aromatic heterocycles. The fraction of sp³-hybridized carbons (Fsp3) is 0.457. The Morgan fingerprint density at radius 1 is 0.955 bits per heavy atom. The maximum absolute atomic E-state index is 13.1. The van der Waals surface area contributed by atoms with Crippen LogP contribution in [0.2, 0.25) is 0 Å². The molecule has 0 spiro atoms. The molecule has 0 radical (unpaired) electrons. The Kier molecular flexibility index (Phi) is 14.5. The number of hydrogen-bond acceptors (Lipinski definition) is 14. The molecule has 2 fully saturated rings. The maximum atomic E-state index is 13.1. The topological polar surface area (TPSA) is 225 Å². The highest BCUT2D eigenvalue weighted by Gasteiger charge is 2.41. The van der Waals surface area contributed by atoms with Gasteiger partial charge in [-0.3, -0.25) is 33.9 Å². The van der Waals surface area contributed by atoms with Crippen molar-refractivity contribution in [2.24, 2.45) is 0 Å². The van der Waals surface area contributed by atoms with Crippen molar-refractivity contribution in [2.75, 3.05) is 68.8 Å². The first-order valence-corrected chi connectivity index (χ1v) is 22.3. The third kappa shape index (κ3) is 9.83. The molecule has 1 saturated carbocycles. The summed E-state index contributed by atoms with van der Waals surface area (Å²) in [6.07, 6.45) is 9.13. The van der Waals surface area contributed by atoms with Gasteiger partial charge in [0.05, 0.1) is 76.8 Å². The van der Waals surface area contributed by atoms with E-state index in [2.05, 4.69) is 47.9 Å². The van der Waals surface area contributed by atoms with E-state index in [0.29, 0.717) is 71.4 Å². The highest BCUT2D eigenvalue weighted by molar-refractivity contribution is 6.07. The predicted molar refractivity (Wildman–Crippen MR) is 240 cm³/mol. The Balaban J connectivity index is 0.721. The minimum atomic E-state index is -0.740. The average Bonchev–Trinajstić information content (AvgIpc) is 4.09. The number of benzene rings is 2. The van der Waals surface area contributed by atoms with E-state index in [1.807, 2.05) is 4.57 Å². The minimum Gasteiger partial charge on any atom is -0.495 e. The van der Waals surface area contributed by atoms with E-state index in [9.17, 15) is 24.0 Å². The fourth-order valence-electron chi connectivity index (χ4n) is 9.02. The van der Waals surface area contributed by atoms with E-state index in [-0.39, 0.29) is 81.8 Å². The predicted octanol–water partition coefficient (Wildman–Crippen LogP) is 4.75. The van der Waals surface area contributed by atoms with Gasteiger partial charge >= 0.3 is 0 Å². The zero-order valence-electron chi connectivity index (χ0n) is 37.0. The molecule has 4 aromatic rings. The van der Waals surface area contributed by atoms with Gasteiger partial charge in [-0.25, -0.2) is 4.98 Å². The molecule has 2 atom stereocenters. The highest BCUT2D eigenvalue weighted by atomic mass is 16.5. The van der Waals surface area contributed by atoms with Crippen molar-refractivity contribution in [3.8, 4) is 11.4 Å². The van der Waals surface area contributed by atoms with Crippen LogP contribution in [-0.4, -0.2) is 119 Å². The second-order valence-electron chi connectivity index (χ2n) is 16.3. The number of carbonyl (C=O) groups is 5. The normalized spacial score (nSPS) is 17.7. The van der Waals surface area contributed by atoms with Gasteiger partial charge in [-0.2, -0.15) is 4.98 Å². The molecule has 8 rings (SSSR count). The van der Waals surface area contributed by atoms with Crippen molar-refractivity contribution in [1.29, 1.82) is 0 Å². The van der Waals surface area contributed by atoms with Crippen LogP contribution in [0, 0.1) is 6.57 Å². The molecule has 1 saturated heterocycles. The monoisotopic (exact) mass is 903 g/mol. The standard InChI is InChI=1S/C46H53N11O9/c1-4-34-40-41(47-2)50-27-56(40)36-25-49-46(54-42(36)57(34)29-8-5-6-9-29)52-33-13-12-28(24-37(33)63-3)43(60)48-17-19-65-21-23-66-22-20-64-18-16-39(59)51-32-11-7-10-30-31(32)26-55(45(30)62)35-14-15-38(58)53-44(35)61/h7,10-13,24-25,27,29,34-35H,4-6,8-9,14-23,26H2,1,3H3,(H,48,60)(H,51,59)(H,49,52,54)(H,53,58,61)/t34-,35?/m1/s1. The molecule has 1 aliphatic carbocycles. The molecule has 66 heavy (non-hydrogen) atoms. The number of methoxy groups -OCH3 is 1. The van der Waals surface area contributed by atoms with Gasteiger partial charge in [0.2, 0.25) is 23.7 Å². The summed E-state index contributed by atoms with van der Waals surface area (Å²) in [4.78, 5) is 84.3. The number of nitrogens with zero attached hydrogens (tertiary/aromatic N) is 7. The SMILES string of the molecule is [C-]#[N+]c1ncn2c1[C@@H](CC)N(C1CCCC1)c1nc(Nc3ccc(C(=O)NCCOCCOCCOCCC(=O)Nc4cccc5c4CN(C4CCC(=O)NC4=O)C5=O)cc3OC)ncc1-2. The first-order valence-electron chi connectivity index (χ1n) is 22.3. The van der Waals surface area contributed by atoms with E-state index >= 15 is 0 Å². The number of amides is 5. The molecule has 4 N–H and O–H groups in total. The number of hydrogen-bond donors (Lipinski definition) is 4. The quantitative estimate of drug-likeness (QED) is 0.0534. The molecule has 2 aromatic carbocycles. The van der Waals surface area contributed by atoms with Gasteiger partial charge in [0.25, 0.3) is 17.6 Å². The van der Waals surface area contributed by atoms with Crippen molar-refractivity contribution in [3.63, 3.8) is 0 Å². The Morgan fingerprint density at radius 2 is 1.73 bits per heavy atom. The van der Waals surface area contributed by atoms with Crippen molar-refractivity contribution in [3.05, 3.63) is 82.7 Å². The van der Waals surface area contributed by atoms with E-state index in [1.165, 1.54) is 12.0 Å². The third-order valence-electron chi connectivity index (χ3n) is 12.2. The zero-order valence-corrected chi connectivity index (χ0v) is 37.0. The zero-order chi connectivity index (χ0) is 46.2. The molecule has 1 unspecified atom stereocenters. The Labute approximate surface area is 381 Å². The Bertz CT molecular complexity index is 2520. The van der Waals surface area contributed by atoms with E-state index in [0.717, 1.165) is 49.3 Å². The van der Waals surface area contributed by atoms with Crippen LogP contribution in [0.3, 0.4) is 0 Å². The highest BCUT2D eigenvalue weighted by Crippen LogP contribution is 2.46. The number of ether oxygens (including phenoxy) is 4. The maximum Gasteiger partial charge on any atom is 0.293 e. The second kappa shape index (κ2) is 20.9. The number of imide groups is 1. The summed E-state index contributed by atoms with van der Waals surface area (Å²) in [5, 5.41) is 11.3. The van der Waals surface area contributed by atoms with Crippen LogP contribution in [0.1, 0.15) is 96.3 Å². The van der Waals surface area contributed by atoms with E-state index < -0.39 is 11.9 Å². The Hall–Kier alpha value is -6.95. The molecule has 5 heterocycles. The van der Waals surface area contributed by atoms with Crippen LogP contribution in [0.25, 0.3) is 10.5 Å². The van der Waals surface area contributed by atoms with Crippen LogP contribution in [0.4, 0.5) is 29.0 Å². The third-order valence-corrected chi connectivity index (χ3v) is 12.2. The van der Waals surface area contributed by atoms with Crippen LogP contribution in [-0.2, 0) is 35.1 Å². The first-order chi connectivity index (χ1) is 32.2. The van der Waals surface area contributed by atoms with Crippen molar-refractivity contribution in [2.45, 2.75) is 83.0 Å². The molecule has 5 amide bonds. The second-order valence-corrected chi connectivity index (χ2v) is 16.3. The van der Waals surface area contributed by atoms with Gasteiger partial charge in [-0.1, -0.05) is 32.4 Å². The summed E-state index contributed by atoms with van der Waals surface area (Å²) in [6, 6.07) is 9.66. The van der Waals surface area contributed by atoms with Crippen LogP contribution < -0.4 is 30.9 Å². The molecular weight excluding hydrogens is 851 g/mol. The summed E-state index contributed by atoms with van der Waals surface area (Å²) in [6.45, 7) is 11.9. The van der Waals surface area contributed by atoms with Crippen molar-refractivity contribution in [1.82, 2.24) is 35.1 Å². The van der Waals surface area contributed by atoms with E-state index in [4.69, 9.17) is 30.5 Å². The van der Waals surface area contributed by atoms with Gasteiger partial charge in [0, 0.05) is 47.9 Å². The van der Waals surface area contributed by atoms with Crippen LogP contribution >= 0.6 is 0 Å².